The van der Waals surface area contributed by atoms with E-state index in [0.29, 0.717) is 23.7 Å². The Morgan fingerprint density at radius 2 is 1.79 bits per heavy atom. The number of carbonyl (C=O) groups excluding carboxylic acids is 3. The number of imide groups is 2. The van der Waals surface area contributed by atoms with Crippen molar-refractivity contribution in [1.82, 2.24) is 9.88 Å². The maximum Gasteiger partial charge on any atom is 0.335 e. The number of carboxylic acid groups (broad SMARTS) is 1. The van der Waals surface area contributed by atoms with Gasteiger partial charge in [-0.25, -0.2) is 14.5 Å². The van der Waals surface area contributed by atoms with Gasteiger partial charge >= 0.3 is 12.0 Å². The predicted octanol–water partition coefficient (Wildman–Crippen LogP) is 3.24. The van der Waals surface area contributed by atoms with Crippen molar-refractivity contribution in [2.75, 3.05) is 11.5 Å². The van der Waals surface area contributed by atoms with Crippen LogP contribution < -0.4 is 15.0 Å². The number of aromatic carboxylic acids is 1. The average Bonchev–Trinajstić information content (AvgIpc) is 3.26. The van der Waals surface area contributed by atoms with Crippen LogP contribution >= 0.6 is 0 Å². The molecule has 1 fully saturated rings. The summed E-state index contributed by atoms with van der Waals surface area (Å²) in [6, 6.07) is 15.1. The maximum absolute atomic E-state index is 13.1. The van der Waals surface area contributed by atoms with Crippen molar-refractivity contribution in [3.8, 4) is 11.4 Å². The zero-order valence-electron chi connectivity index (χ0n) is 17.5. The SMILES string of the molecule is CCOc1ccc(N2C(=O)NC(=O)/C(=C\c3cccn3-c3cccc(C(=O)O)c3)C2=O)cc1. The normalized spacial score (nSPS) is 15.0. The summed E-state index contributed by atoms with van der Waals surface area (Å²) >= 11 is 0. The van der Waals surface area contributed by atoms with Gasteiger partial charge in [-0.05, 0) is 67.6 Å². The third-order valence-electron chi connectivity index (χ3n) is 4.95. The summed E-state index contributed by atoms with van der Waals surface area (Å²) in [7, 11) is 0. The number of aromatic nitrogens is 1. The van der Waals surface area contributed by atoms with E-state index in [2.05, 4.69) is 5.32 Å². The van der Waals surface area contributed by atoms with E-state index in [0.717, 1.165) is 4.90 Å². The van der Waals surface area contributed by atoms with E-state index >= 15 is 0 Å². The fourth-order valence-corrected chi connectivity index (χ4v) is 3.43. The van der Waals surface area contributed by atoms with E-state index in [-0.39, 0.29) is 16.8 Å². The van der Waals surface area contributed by atoms with Gasteiger partial charge in [0.1, 0.15) is 11.3 Å². The lowest BCUT2D eigenvalue weighted by Gasteiger charge is -2.26. The Morgan fingerprint density at radius 1 is 1.03 bits per heavy atom. The highest BCUT2D eigenvalue weighted by Gasteiger charge is 2.37. The molecule has 2 aromatic carbocycles. The molecule has 4 amide bonds. The van der Waals surface area contributed by atoms with Gasteiger partial charge in [0, 0.05) is 17.6 Å². The molecular formula is C24H19N3O6. The first-order valence-corrected chi connectivity index (χ1v) is 10.0. The van der Waals surface area contributed by atoms with Gasteiger partial charge in [0.25, 0.3) is 11.8 Å². The van der Waals surface area contributed by atoms with Crippen LogP contribution in [0.4, 0.5) is 10.5 Å². The number of nitrogens with one attached hydrogen (secondary N) is 1. The number of hydrogen-bond acceptors (Lipinski definition) is 5. The highest BCUT2D eigenvalue weighted by molar-refractivity contribution is 6.39. The van der Waals surface area contributed by atoms with Crippen LogP contribution in [0.1, 0.15) is 23.0 Å². The largest absolute Gasteiger partial charge is 0.494 e. The lowest BCUT2D eigenvalue weighted by molar-refractivity contribution is -0.122. The molecule has 9 heteroatoms. The molecule has 0 saturated carbocycles. The van der Waals surface area contributed by atoms with Crippen LogP contribution in [-0.2, 0) is 9.59 Å². The van der Waals surface area contributed by atoms with Crippen molar-refractivity contribution in [2.24, 2.45) is 0 Å². The number of nitrogens with zero attached hydrogens (tertiary/aromatic N) is 2. The molecule has 1 aromatic heterocycles. The Bertz CT molecular complexity index is 1290. The third kappa shape index (κ3) is 4.24. The topological polar surface area (TPSA) is 118 Å². The number of hydrogen-bond donors (Lipinski definition) is 2. The first-order valence-electron chi connectivity index (χ1n) is 10.0. The van der Waals surface area contributed by atoms with Gasteiger partial charge in [-0.1, -0.05) is 6.07 Å². The van der Waals surface area contributed by atoms with E-state index < -0.39 is 23.8 Å². The van der Waals surface area contributed by atoms with Crippen LogP contribution in [0.5, 0.6) is 5.75 Å². The molecule has 4 rings (SSSR count). The number of carboxylic acids is 1. The highest BCUT2D eigenvalue weighted by atomic mass is 16.5. The summed E-state index contributed by atoms with van der Waals surface area (Å²) in [5.74, 6) is -2.09. The summed E-state index contributed by atoms with van der Waals surface area (Å²) in [6.45, 7) is 2.31. The smallest absolute Gasteiger partial charge is 0.335 e. The van der Waals surface area contributed by atoms with E-state index in [1.807, 2.05) is 6.92 Å². The van der Waals surface area contributed by atoms with Crippen molar-refractivity contribution in [2.45, 2.75) is 6.92 Å². The van der Waals surface area contributed by atoms with Crippen molar-refractivity contribution in [1.29, 1.82) is 0 Å². The monoisotopic (exact) mass is 445 g/mol. The van der Waals surface area contributed by atoms with Gasteiger partial charge in [0.15, 0.2) is 0 Å². The summed E-state index contributed by atoms with van der Waals surface area (Å²) < 4.78 is 7.02. The molecule has 166 valence electrons. The lowest BCUT2D eigenvalue weighted by Crippen LogP contribution is -2.54. The number of ether oxygens (including phenoxy) is 1. The van der Waals surface area contributed by atoms with Crippen LogP contribution in [0.25, 0.3) is 11.8 Å². The summed E-state index contributed by atoms with van der Waals surface area (Å²) in [5, 5.41) is 11.4. The Labute approximate surface area is 188 Å². The first-order chi connectivity index (χ1) is 15.9. The molecule has 1 aliphatic rings. The first kappa shape index (κ1) is 21.6. The van der Waals surface area contributed by atoms with Crippen LogP contribution in [0.2, 0.25) is 0 Å². The summed E-state index contributed by atoms with van der Waals surface area (Å²) in [6.07, 6.45) is 3.03. The number of anilines is 1. The molecule has 0 radical (unpaired) electrons. The molecule has 1 aliphatic heterocycles. The van der Waals surface area contributed by atoms with Crippen molar-refractivity contribution >= 4 is 35.6 Å². The van der Waals surface area contributed by atoms with E-state index in [9.17, 15) is 24.3 Å². The molecule has 0 aliphatic carbocycles. The van der Waals surface area contributed by atoms with Crippen molar-refractivity contribution < 1.29 is 29.0 Å². The number of amides is 4. The number of urea groups is 1. The molecule has 2 heterocycles. The van der Waals surface area contributed by atoms with Crippen LogP contribution in [0, 0.1) is 0 Å². The number of barbiturate groups is 1. The fourth-order valence-electron chi connectivity index (χ4n) is 3.43. The van der Waals surface area contributed by atoms with Gasteiger partial charge in [-0.2, -0.15) is 0 Å². The predicted molar refractivity (Wildman–Crippen MR) is 119 cm³/mol. The molecule has 9 nitrogen and oxygen atoms in total. The minimum atomic E-state index is -1.07. The zero-order chi connectivity index (χ0) is 23.5. The number of rotatable bonds is 6. The minimum absolute atomic E-state index is 0.0959. The number of carbonyl (C=O) groups is 4. The minimum Gasteiger partial charge on any atom is -0.494 e. The van der Waals surface area contributed by atoms with Gasteiger partial charge in [-0.3, -0.25) is 14.9 Å². The molecule has 0 bridgehead atoms. The average molecular weight is 445 g/mol. The third-order valence-corrected chi connectivity index (χ3v) is 4.95. The van der Waals surface area contributed by atoms with Crippen LogP contribution in [0.3, 0.4) is 0 Å². The molecule has 33 heavy (non-hydrogen) atoms. The molecule has 2 N–H and O–H groups in total. The second kappa shape index (κ2) is 8.83. The molecule has 0 atom stereocenters. The van der Waals surface area contributed by atoms with Crippen LogP contribution in [0.15, 0.2) is 72.4 Å². The Balaban J connectivity index is 1.70. The van der Waals surface area contributed by atoms with Gasteiger partial charge in [0.2, 0.25) is 0 Å². The molecule has 0 spiro atoms. The molecular weight excluding hydrogens is 426 g/mol. The van der Waals surface area contributed by atoms with E-state index in [1.165, 1.54) is 18.2 Å². The number of benzene rings is 2. The molecule has 3 aromatic rings. The standard InChI is InChI=1S/C24H19N3O6/c1-2-33-19-10-8-16(9-11-19)27-22(29)20(21(28)25-24(27)32)14-18-7-4-12-26(18)17-6-3-5-15(13-17)23(30)31/h3-14H,2H2,1H3,(H,30,31)(H,25,28,32)/b20-14+. The second-order valence-corrected chi connectivity index (χ2v) is 7.04. The summed E-state index contributed by atoms with van der Waals surface area (Å²) in [5.41, 5.74) is 1.13. The zero-order valence-corrected chi connectivity index (χ0v) is 17.5. The van der Waals surface area contributed by atoms with Crippen molar-refractivity contribution in [3.05, 3.63) is 83.7 Å². The summed E-state index contributed by atoms with van der Waals surface area (Å²) in [4.78, 5) is 50.2. The quantitative estimate of drug-likeness (QED) is 0.444. The maximum atomic E-state index is 13.1. The Morgan fingerprint density at radius 3 is 2.48 bits per heavy atom. The van der Waals surface area contributed by atoms with E-state index in [1.54, 1.807) is 59.3 Å². The van der Waals surface area contributed by atoms with Gasteiger partial charge in [0.05, 0.1) is 17.9 Å². The Kier molecular flexibility index (Phi) is 5.77. The van der Waals surface area contributed by atoms with E-state index in [4.69, 9.17) is 4.74 Å². The fraction of sp³-hybridized carbons (Fsp3) is 0.0833. The lowest BCUT2D eigenvalue weighted by atomic mass is 10.1. The van der Waals surface area contributed by atoms with Crippen LogP contribution in [-0.4, -0.2) is 40.1 Å². The van der Waals surface area contributed by atoms with Gasteiger partial charge < -0.3 is 14.4 Å². The highest BCUT2D eigenvalue weighted by Crippen LogP contribution is 2.25. The Hall–Kier alpha value is -4.66. The molecule has 0 unspecified atom stereocenters. The van der Waals surface area contributed by atoms with Gasteiger partial charge in [-0.15, -0.1) is 0 Å². The molecule has 1 saturated heterocycles. The second-order valence-electron chi connectivity index (χ2n) is 7.04. The van der Waals surface area contributed by atoms with Crippen molar-refractivity contribution in [3.63, 3.8) is 0 Å².